The van der Waals surface area contributed by atoms with Crippen molar-refractivity contribution in [3.8, 4) is 0 Å². The second-order valence-electron chi connectivity index (χ2n) is 4.24. The molecule has 3 nitrogen and oxygen atoms in total. The lowest BCUT2D eigenvalue weighted by Gasteiger charge is -2.24. The first-order valence-corrected chi connectivity index (χ1v) is 5.21. The van der Waals surface area contributed by atoms with E-state index in [1.54, 1.807) is 0 Å². The monoisotopic (exact) mass is 182 g/mol. The molecule has 0 radical (unpaired) electrons. The van der Waals surface area contributed by atoms with Gasteiger partial charge < -0.3 is 10.2 Å². The van der Waals surface area contributed by atoms with E-state index in [9.17, 15) is 4.79 Å². The van der Waals surface area contributed by atoms with Crippen molar-refractivity contribution in [3.05, 3.63) is 0 Å². The van der Waals surface area contributed by atoms with Crippen LogP contribution in [-0.4, -0.2) is 36.5 Å². The fourth-order valence-corrected chi connectivity index (χ4v) is 2.21. The number of likely N-dealkylation sites (tertiary alicyclic amines) is 1. The van der Waals surface area contributed by atoms with Crippen LogP contribution in [0.25, 0.3) is 0 Å². The Kier molecular flexibility index (Phi) is 2.28. The Bertz CT molecular complexity index is 213. The molecular formula is C10H18N2O. The lowest BCUT2D eigenvalue weighted by atomic mass is 10.2. The molecule has 0 aromatic heterocycles. The topological polar surface area (TPSA) is 32.3 Å². The number of carbonyl (C=O) groups is 1. The van der Waals surface area contributed by atoms with Crippen LogP contribution < -0.4 is 5.32 Å². The molecule has 1 aliphatic heterocycles. The third-order valence-corrected chi connectivity index (χ3v) is 3.38. The normalized spacial score (nSPS) is 31.1. The van der Waals surface area contributed by atoms with Gasteiger partial charge in [0, 0.05) is 12.6 Å². The van der Waals surface area contributed by atoms with E-state index in [0.29, 0.717) is 11.9 Å². The number of carbonyl (C=O) groups excluding carboxylic acids is 1. The summed E-state index contributed by atoms with van der Waals surface area (Å²) in [7, 11) is 1.87. The average Bonchev–Trinajstić information content (AvgIpc) is 2.89. The van der Waals surface area contributed by atoms with Crippen molar-refractivity contribution in [2.24, 2.45) is 5.92 Å². The van der Waals surface area contributed by atoms with E-state index >= 15 is 0 Å². The summed E-state index contributed by atoms with van der Waals surface area (Å²) in [6, 6.07) is 0.562. The first-order chi connectivity index (χ1) is 6.24. The van der Waals surface area contributed by atoms with Gasteiger partial charge in [-0.15, -0.1) is 0 Å². The van der Waals surface area contributed by atoms with Gasteiger partial charge in [-0.2, -0.15) is 0 Å². The Morgan fingerprint density at radius 3 is 2.62 bits per heavy atom. The molecule has 0 bridgehead atoms. The van der Waals surface area contributed by atoms with Gasteiger partial charge in [0.05, 0.1) is 6.04 Å². The summed E-state index contributed by atoms with van der Waals surface area (Å²) in [6.45, 7) is 3.13. The summed E-state index contributed by atoms with van der Waals surface area (Å²) in [5.74, 6) is 1.10. The molecule has 1 N–H and O–H groups in total. The van der Waals surface area contributed by atoms with E-state index in [2.05, 4.69) is 17.1 Å². The van der Waals surface area contributed by atoms with Gasteiger partial charge in [0.25, 0.3) is 0 Å². The second-order valence-corrected chi connectivity index (χ2v) is 4.24. The molecular weight excluding hydrogens is 164 g/mol. The van der Waals surface area contributed by atoms with E-state index in [1.807, 2.05) is 7.05 Å². The fraction of sp³-hybridized carbons (Fsp3) is 0.900. The van der Waals surface area contributed by atoms with Gasteiger partial charge >= 0.3 is 0 Å². The van der Waals surface area contributed by atoms with Gasteiger partial charge in [-0.25, -0.2) is 0 Å². The smallest absolute Gasteiger partial charge is 0.240 e. The molecule has 2 fully saturated rings. The molecule has 0 aromatic rings. The van der Waals surface area contributed by atoms with Crippen molar-refractivity contribution in [2.45, 2.75) is 38.3 Å². The number of rotatable bonds is 3. The summed E-state index contributed by atoms with van der Waals surface area (Å²) in [5.41, 5.74) is 0. The molecule has 2 rings (SSSR count). The van der Waals surface area contributed by atoms with E-state index < -0.39 is 0 Å². The number of amides is 1. The fourth-order valence-electron chi connectivity index (χ4n) is 2.21. The minimum absolute atomic E-state index is 0.0844. The van der Waals surface area contributed by atoms with E-state index in [-0.39, 0.29) is 6.04 Å². The predicted octanol–water partition coefficient (Wildman–Crippen LogP) is 0.605. The van der Waals surface area contributed by atoms with Gasteiger partial charge in [0.15, 0.2) is 0 Å². The average molecular weight is 182 g/mol. The highest BCUT2D eigenvalue weighted by atomic mass is 16.2. The van der Waals surface area contributed by atoms with Crippen LogP contribution in [-0.2, 0) is 4.79 Å². The van der Waals surface area contributed by atoms with Crippen LogP contribution in [0.5, 0.6) is 0 Å². The SMILES string of the molecule is CNC1CCN(C(C)C2CC2)C1=O. The molecule has 1 saturated carbocycles. The van der Waals surface area contributed by atoms with Crippen molar-refractivity contribution in [3.63, 3.8) is 0 Å². The van der Waals surface area contributed by atoms with Crippen LogP contribution in [0.1, 0.15) is 26.2 Å². The van der Waals surface area contributed by atoms with Crippen LogP contribution >= 0.6 is 0 Å². The molecule has 2 unspecified atom stereocenters. The number of nitrogens with zero attached hydrogens (tertiary/aromatic N) is 1. The molecule has 74 valence electrons. The zero-order chi connectivity index (χ0) is 9.42. The highest BCUT2D eigenvalue weighted by Crippen LogP contribution is 2.36. The molecule has 3 heteroatoms. The first kappa shape index (κ1) is 9.00. The maximum atomic E-state index is 11.8. The van der Waals surface area contributed by atoms with Gasteiger partial charge in [-0.05, 0) is 39.2 Å². The Labute approximate surface area is 79.5 Å². The Hall–Kier alpha value is -0.570. The molecule has 13 heavy (non-hydrogen) atoms. The zero-order valence-electron chi connectivity index (χ0n) is 8.42. The molecule has 2 aliphatic rings. The van der Waals surface area contributed by atoms with E-state index in [1.165, 1.54) is 12.8 Å². The third kappa shape index (κ3) is 1.57. The zero-order valence-corrected chi connectivity index (χ0v) is 8.42. The van der Waals surface area contributed by atoms with Crippen molar-refractivity contribution in [1.29, 1.82) is 0 Å². The largest absolute Gasteiger partial charge is 0.338 e. The quantitative estimate of drug-likeness (QED) is 0.693. The Morgan fingerprint density at radius 2 is 2.15 bits per heavy atom. The standard InChI is InChI=1S/C10H18N2O/c1-7(8-3-4-8)12-6-5-9(11-2)10(12)13/h7-9,11H,3-6H2,1-2H3. The molecule has 0 spiro atoms. The molecule has 0 aromatic carbocycles. The maximum absolute atomic E-state index is 11.8. The minimum Gasteiger partial charge on any atom is -0.338 e. The number of nitrogens with one attached hydrogen (secondary N) is 1. The van der Waals surface area contributed by atoms with E-state index in [4.69, 9.17) is 0 Å². The number of hydrogen-bond acceptors (Lipinski definition) is 2. The van der Waals surface area contributed by atoms with Gasteiger partial charge in [-0.3, -0.25) is 4.79 Å². The summed E-state index contributed by atoms with van der Waals surface area (Å²) in [4.78, 5) is 13.8. The van der Waals surface area contributed by atoms with Crippen LogP contribution in [0.15, 0.2) is 0 Å². The highest BCUT2D eigenvalue weighted by Gasteiger charge is 2.39. The molecule has 1 aliphatic carbocycles. The minimum atomic E-state index is 0.0844. The molecule has 2 atom stereocenters. The van der Waals surface area contributed by atoms with Gasteiger partial charge in [0.1, 0.15) is 0 Å². The lowest BCUT2D eigenvalue weighted by Crippen LogP contribution is -2.41. The van der Waals surface area contributed by atoms with Crippen LogP contribution in [0.2, 0.25) is 0 Å². The van der Waals surface area contributed by atoms with Crippen LogP contribution in [0, 0.1) is 5.92 Å². The summed E-state index contributed by atoms with van der Waals surface area (Å²) in [6.07, 6.45) is 3.61. The molecule has 1 amide bonds. The number of hydrogen-bond donors (Lipinski definition) is 1. The van der Waals surface area contributed by atoms with Crippen LogP contribution in [0.4, 0.5) is 0 Å². The van der Waals surface area contributed by atoms with Crippen molar-refractivity contribution in [1.82, 2.24) is 10.2 Å². The summed E-state index contributed by atoms with van der Waals surface area (Å²) in [5, 5.41) is 3.07. The van der Waals surface area contributed by atoms with Crippen molar-refractivity contribution < 1.29 is 4.79 Å². The highest BCUT2D eigenvalue weighted by molar-refractivity contribution is 5.84. The first-order valence-electron chi connectivity index (χ1n) is 5.21. The summed E-state index contributed by atoms with van der Waals surface area (Å²) < 4.78 is 0. The Morgan fingerprint density at radius 1 is 1.46 bits per heavy atom. The van der Waals surface area contributed by atoms with Crippen molar-refractivity contribution in [2.75, 3.05) is 13.6 Å². The molecule has 1 saturated heterocycles. The van der Waals surface area contributed by atoms with Crippen LogP contribution in [0.3, 0.4) is 0 Å². The number of likely N-dealkylation sites (N-methyl/N-ethyl adjacent to an activating group) is 1. The molecule has 1 heterocycles. The summed E-state index contributed by atoms with van der Waals surface area (Å²) >= 11 is 0. The van der Waals surface area contributed by atoms with E-state index in [0.717, 1.165) is 18.9 Å². The second kappa shape index (κ2) is 3.29. The van der Waals surface area contributed by atoms with Crippen molar-refractivity contribution >= 4 is 5.91 Å². The Balaban J connectivity index is 1.96. The van der Waals surface area contributed by atoms with Gasteiger partial charge in [-0.1, -0.05) is 0 Å². The lowest BCUT2D eigenvalue weighted by molar-refractivity contribution is -0.131. The predicted molar refractivity (Wildman–Crippen MR) is 51.4 cm³/mol. The maximum Gasteiger partial charge on any atom is 0.240 e. The van der Waals surface area contributed by atoms with Gasteiger partial charge in [0.2, 0.25) is 5.91 Å². The third-order valence-electron chi connectivity index (χ3n) is 3.38.